The average Bonchev–Trinajstić information content (AvgIpc) is 2.04. The van der Waals surface area contributed by atoms with E-state index in [1.54, 1.807) is 0 Å². The van der Waals surface area contributed by atoms with Crippen LogP contribution in [-0.2, 0) is 0 Å². The quantitative estimate of drug-likeness (QED) is 0.502. The SMILES string of the molecule is CN1CCC2N=CC=CC2C1. The number of dihydropyridines is 1. The molecule has 2 aliphatic rings. The summed E-state index contributed by atoms with van der Waals surface area (Å²) < 4.78 is 0. The summed E-state index contributed by atoms with van der Waals surface area (Å²) in [6.07, 6.45) is 7.52. The Morgan fingerprint density at radius 2 is 2.45 bits per heavy atom. The van der Waals surface area contributed by atoms with Gasteiger partial charge in [-0.25, -0.2) is 0 Å². The molecule has 2 atom stereocenters. The molecule has 2 rings (SSSR count). The van der Waals surface area contributed by atoms with Crippen LogP contribution in [0.15, 0.2) is 17.1 Å². The molecule has 2 nitrogen and oxygen atoms in total. The van der Waals surface area contributed by atoms with E-state index in [2.05, 4.69) is 29.1 Å². The molecule has 2 unspecified atom stereocenters. The van der Waals surface area contributed by atoms with E-state index in [1.807, 2.05) is 6.21 Å². The van der Waals surface area contributed by atoms with Crippen LogP contribution in [0.2, 0.25) is 0 Å². The van der Waals surface area contributed by atoms with Crippen molar-refractivity contribution in [1.29, 1.82) is 0 Å². The third-order valence-corrected chi connectivity index (χ3v) is 2.55. The lowest BCUT2D eigenvalue weighted by Crippen LogP contribution is -2.40. The van der Waals surface area contributed by atoms with Crippen molar-refractivity contribution in [3.05, 3.63) is 12.2 Å². The van der Waals surface area contributed by atoms with Crippen LogP contribution >= 0.6 is 0 Å². The van der Waals surface area contributed by atoms with Crippen LogP contribution in [0.25, 0.3) is 0 Å². The van der Waals surface area contributed by atoms with E-state index in [9.17, 15) is 0 Å². The van der Waals surface area contributed by atoms with Crippen molar-refractivity contribution >= 4 is 6.21 Å². The van der Waals surface area contributed by atoms with Crippen molar-refractivity contribution in [2.45, 2.75) is 12.5 Å². The Kier molecular flexibility index (Phi) is 1.78. The Balaban J connectivity index is 2.07. The lowest BCUT2D eigenvalue weighted by molar-refractivity contribution is 0.214. The zero-order chi connectivity index (χ0) is 7.68. The molecule has 1 saturated heterocycles. The minimum Gasteiger partial charge on any atom is -0.306 e. The molecule has 0 N–H and O–H groups in total. The summed E-state index contributed by atoms with van der Waals surface area (Å²) in [5.41, 5.74) is 0. The summed E-state index contributed by atoms with van der Waals surface area (Å²) in [6.45, 7) is 2.38. The number of likely N-dealkylation sites (tertiary alicyclic amines) is 1. The minimum atomic E-state index is 0.580. The molecule has 0 amide bonds. The molecule has 0 radical (unpaired) electrons. The summed E-state index contributed by atoms with van der Waals surface area (Å²) in [5, 5.41) is 0. The maximum absolute atomic E-state index is 4.45. The van der Waals surface area contributed by atoms with Gasteiger partial charge in [0.15, 0.2) is 0 Å². The molecule has 0 aromatic carbocycles. The molecule has 11 heavy (non-hydrogen) atoms. The number of hydrogen-bond acceptors (Lipinski definition) is 2. The summed E-state index contributed by atoms with van der Waals surface area (Å²) in [5.74, 6) is 0.679. The molecule has 2 heteroatoms. The fourth-order valence-electron chi connectivity index (χ4n) is 1.87. The second-order valence-corrected chi connectivity index (χ2v) is 3.47. The molecular weight excluding hydrogens is 136 g/mol. The van der Waals surface area contributed by atoms with Gasteiger partial charge in [0.05, 0.1) is 6.04 Å². The van der Waals surface area contributed by atoms with Gasteiger partial charge in [-0.3, -0.25) is 4.99 Å². The van der Waals surface area contributed by atoms with E-state index < -0.39 is 0 Å². The first-order valence-corrected chi connectivity index (χ1v) is 4.25. The molecule has 0 spiro atoms. The fourth-order valence-corrected chi connectivity index (χ4v) is 1.87. The molecule has 0 aromatic heterocycles. The molecule has 0 aliphatic carbocycles. The molecule has 0 aromatic rings. The second kappa shape index (κ2) is 2.78. The monoisotopic (exact) mass is 150 g/mol. The fraction of sp³-hybridized carbons (Fsp3) is 0.667. The lowest BCUT2D eigenvalue weighted by atomic mass is 9.91. The molecule has 0 saturated carbocycles. The number of rotatable bonds is 0. The van der Waals surface area contributed by atoms with E-state index in [0.29, 0.717) is 12.0 Å². The molecular formula is C9H14N2. The van der Waals surface area contributed by atoms with Crippen molar-refractivity contribution in [2.24, 2.45) is 10.9 Å². The number of nitrogens with zero attached hydrogens (tertiary/aromatic N) is 2. The van der Waals surface area contributed by atoms with Crippen molar-refractivity contribution in [3.63, 3.8) is 0 Å². The summed E-state index contributed by atoms with van der Waals surface area (Å²) in [6, 6.07) is 0.580. The highest BCUT2D eigenvalue weighted by molar-refractivity contribution is 5.72. The van der Waals surface area contributed by atoms with Crippen LogP contribution in [0.4, 0.5) is 0 Å². The van der Waals surface area contributed by atoms with Gasteiger partial charge in [-0.2, -0.15) is 0 Å². The van der Waals surface area contributed by atoms with Crippen molar-refractivity contribution in [3.8, 4) is 0 Å². The maximum Gasteiger partial charge on any atom is 0.0586 e. The van der Waals surface area contributed by atoms with Gasteiger partial charge in [0.2, 0.25) is 0 Å². The Bertz CT molecular complexity index is 196. The predicted molar refractivity (Wildman–Crippen MR) is 47.0 cm³/mol. The smallest absolute Gasteiger partial charge is 0.0586 e. The van der Waals surface area contributed by atoms with Gasteiger partial charge >= 0.3 is 0 Å². The Labute approximate surface area is 67.6 Å². The summed E-state index contributed by atoms with van der Waals surface area (Å²) in [7, 11) is 2.18. The van der Waals surface area contributed by atoms with Crippen molar-refractivity contribution < 1.29 is 0 Å². The average molecular weight is 150 g/mol. The van der Waals surface area contributed by atoms with Crippen LogP contribution < -0.4 is 0 Å². The van der Waals surface area contributed by atoms with Gasteiger partial charge in [-0.05, 0) is 26.1 Å². The van der Waals surface area contributed by atoms with Gasteiger partial charge in [-0.15, -0.1) is 0 Å². The standard InChI is InChI=1S/C9H14N2/c1-11-6-4-9-8(7-11)3-2-5-10-9/h2-3,5,8-9H,4,6-7H2,1H3. The van der Waals surface area contributed by atoms with Crippen molar-refractivity contribution in [2.75, 3.05) is 20.1 Å². The van der Waals surface area contributed by atoms with Gasteiger partial charge in [0, 0.05) is 18.7 Å². The first kappa shape index (κ1) is 7.04. The molecule has 0 bridgehead atoms. The van der Waals surface area contributed by atoms with Crippen molar-refractivity contribution in [1.82, 2.24) is 4.90 Å². The zero-order valence-electron chi connectivity index (χ0n) is 6.90. The van der Waals surface area contributed by atoms with Crippen LogP contribution in [-0.4, -0.2) is 37.3 Å². The van der Waals surface area contributed by atoms with E-state index in [-0.39, 0.29) is 0 Å². The van der Waals surface area contributed by atoms with Crippen LogP contribution in [0.1, 0.15) is 6.42 Å². The number of aliphatic imine (C=N–C) groups is 1. The van der Waals surface area contributed by atoms with E-state index in [0.717, 1.165) is 0 Å². The Hall–Kier alpha value is -0.630. The Morgan fingerprint density at radius 3 is 3.36 bits per heavy atom. The predicted octanol–water partition coefficient (Wildman–Crippen LogP) is 0.947. The maximum atomic E-state index is 4.45. The number of fused-ring (bicyclic) bond motifs is 1. The first-order chi connectivity index (χ1) is 5.36. The summed E-state index contributed by atoms with van der Waals surface area (Å²) in [4.78, 5) is 6.83. The zero-order valence-corrected chi connectivity index (χ0v) is 6.90. The van der Waals surface area contributed by atoms with Gasteiger partial charge in [0.1, 0.15) is 0 Å². The van der Waals surface area contributed by atoms with Crippen LogP contribution in [0.3, 0.4) is 0 Å². The van der Waals surface area contributed by atoms with Crippen LogP contribution in [0, 0.1) is 5.92 Å². The normalized spacial score (nSPS) is 37.2. The molecule has 2 aliphatic heterocycles. The highest BCUT2D eigenvalue weighted by atomic mass is 15.1. The van der Waals surface area contributed by atoms with Gasteiger partial charge in [-0.1, -0.05) is 6.08 Å². The molecule has 2 heterocycles. The summed E-state index contributed by atoms with van der Waals surface area (Å²) >= 11 is 0. The number of hydrogen-bond donors (Lipinski definition) is 0. The van der Waals surface area contributed by atoms with E-state index >= 15 is 0 Å². The minimum absolute atomic E-state index is 0.580. The van der Waals surface area contributed by atoms with E-state index in [4.69, 9.17) is 0 Å². The second-order valence-electron chi connectivity index (χ2n) is 3.47. The topological polar surface area (TPSA) is 15.6 Å². The van der Waals surface area contributed by atoms with E-state index in [1.165, 1.54) is 19.5 Å². The van der Waals surface area contributed by atoms with Crippen LogP contribution in [0.5, 0.6) is 0 Å². The Morgan fingerprint density at radius 1 is 1.55 bits per heavy atom. The lowest BCUT2D eigenvalue weighted by Gasteiger charge is -2.34. The molecule has 60 valence electrons. The van der Waals surface area contributed by atoms with Gasteiger partial charge < -0.3 is 4.90 Å². The van der Waals surface area contributed by atoms with Gasteiger partial charge in [0.25, 0.3) is 0 Å². The third-order valence-electron chi connectivity index (χ3n) is 2.55. The molecule has 1 fully saturated rings. The highest BCUT2D eigenvalue weighted by Gasteiger charge is 2.25. The first-order valence-electron chi connectivity index (χ1n) is 4.25. The largest absolute Gasteiger partial charge is 0.306 e. The number of piperidine rings is 1. The third kappa shape index (κ3) is 1.36. The number of allylic oxidation sites excluding steroid dienone is 1. The highest BCUT2D eigenvalue weighted by Crippen LogP contribution is 2.21.